The molecule has 31 heavy (non-hydrogen) atoms. The Bertz CT molecular complexity index is 1020. The second-order valence-electron chi connectivity index (χ2n) is 8.21. The first kappa shape index (κ1) is 22.8. The molecule has 2 heterocycles. The number of nitrogens with zero attached hydrogens (tertiary/aromatic N) is 2. The molecule has 3 rings (SSSR count). The highest BCUT2D eigenvalue weighted by Crippen LogP contribution is 2.35. The predicted molar refractivity (Wildman–Crippen MR) is 120 cm³/mol. The third-order valence-corrected chi connectivity index (χ3v) is 4.96. The van der Waals surface area contributed by atoms with Gasteiger partial charge in [-0.25, -0.2) is 4.98 Å². The Labute approximate surface area is 183 Å². The van der Waals surface area contributed by atoms with Gasteiger partial charge in [0.15, 0.2) is 5.69 Å². The number of pyridine rings is 1. The first-order valence-electron chi connectivity index (χ1n) is 10.4. The van der Waals surface area contributed by atoms with Crippen LogP contribution in [-0.4, -0.2) is 28.8 Å². The molecule has 1 aliphatic rings. The summed E-state index contributed by atoms with van der Waals surface area (Å²) in [5.74, 6) is 1.58. The minimum atomic E-state index is -1.02. The van der Waals surface area contributed by atoms with Gasteiger partial charge in [0.25, 0.3) is 0 Å². The smallest absolute Gasteiger partial charge is 0.319 e. The lowest BCUT2D eigenvalue weighted by Gasteiger charge is -2.16. The Hall–Kier alpha value is -2.92. The average Bonchev–Trinajstić information content (AvgIpc) is 3.13. The molecule has 164 valence electrons. The zero-order chi connectivity index (χ0) is 22.4. The summed E-state index contributed by atoms with van der Waals surface area (Å²) >= 11 is 0. The minimum Gasteiger partial charge on any atom is -0.424 e. The molecule has 6 nitrogen and oxygen atoms in total. The van der Waals surface area contributed by atoms with Crippen LogP contribution in [0.25, 0.3) is 11.3 Å². The fourth-order valence-electron chi connectivity index (χ4n) is 3.01. The van der Waals surface area contributed by atoms with Gasteiger partial charge in [0, 0.05) is 37.5 Å². The van der Waals surface area contributed by atoms with E-state index in [1.807, 2.05) is 32.1 Å². The lowest BCUT2D eigenvalue weighted by Crippen LogP contribution is -2.17. The standard InChI is InChI=1S/C25H30N2O4/c1-17-8-6-10-20(11-7-9-17)30-24-22(27-23(31-24)18(2)14-15-29-5)19-12-13-21(26-16-19)25(3,4)28/h8-13,16,18,28H,6,14-15H2,1-5H3/b17-8-,20-10+. The second kappa shape index (κ2) is 9.92. The lowest BCUT2D eigenvalue weighted by molar-refractivity contribution is 0.0739. The van der Waals surface area contributed by atoms with Gasteiger partial charge in [0.1, 0.15) is 11.4 Å². The highest BCUT2D eigenvalue weighted by Gasteiger charge is 2.23. The maximum absolute atomic E-state index is 10.2. The topological polar surface area (TPSA) is 77.6 Å². The van der Waals surface area contributed by atoms with Gasteiger partial charge in [0.05, 0.1) is 5.69 Å². The van der Waals surface area contributed by atoms with Crippen molar-refractivity contribution >= 4 is 0 Å². The molecular formula is C25H30N2O4. The summed E-state index contributed by atoms with van der Waals surface area (Å²) in [6.07, 6.45) is 11.0. The van der Waals surface area contributed by atoms with Crippen LogP contribution in [0.2, 0.25) is 0 Å². The molecule has 1 N–H and O–H groups in total. The molecule has 1 aliphatic carbocycles. The van der Waals surface area contributed by atoms with Gasteiger partial charge < -0.3 is 19.0 Å². The van der Waals surface area contributed by atoms with Crippen molar-refractivity contribution in [2.45, 2.75) is 52.1 Å². The third-order valence-electron chi connectivity index (χ3n) is 4.96. The van der Waals surface area contributed by atoms with Crippen LogP contribution >= 0.6 is 0 Å². The van der Waals surface area contributed by atoms with Crippen LogP contribution in [0.4, 0.5) is 0 Å². The number of allylic oxidation sites excluding steroid dienone is 4. The van der Waals surface area contributed by atoms with Crippen molar-refractivity contribution < 1.29 is 19.0 Å². The second-order valence-corrected chi connectivity index (χ2v) is 8.21. The van der Waals surface area contributed by atoms with E-state index in [-0.39, 0.29) is 5.92 Å². The molecule has 0 amide bonds. The number of ether oxygens (including phenoxy) is 2. The molecule has 1 unspecified atom stereocenters. The number of methoxy groups -OCH3 is 1. The van der Waals surface area contributed by atoms with E-state index in [9.17, 15) is 5.11 Å². The molecule has 0 radical (unpaired) electrons. The van der Waals surface area contributed by atoms with E-state index in [1.165, 1.54) is 0 Å². The first-order chi connectivity index (χ1) is 14.8. The van der Waals surface area contributed by atoms with E-state index in [0.29, 0.717) is 35.6 Å². The van der Waals surface area contributed by atoms with Crippen LogP contribution in [-0.2, 0) is 10.3 Å². The Kier molecular flexibility index (Phi) is 7.29. The fourth-order valence-corrected chi connectivity index (χ4v) is 3.01. The van der Waals surface area contributed by atoms with Crippen molar-refractivity contribution in [2.75, 3.05) is 13.7 Å². The average molecular weight is 423 g/mol. The zero-order valence-corrected chi connectivity index (χ0v) is 18.8. The summed E-state index contributed by atoms with van der Waals surface area (Å²) in [6, 6.07) is 3.65. The SMILES string of the molecule is COCCC(C)c1nc(-c2ccc(C(C)(C)O)nc2)c(O/C2=C/C/C=C(/C)C=C=C2)o1. The first-order valence-corrected chi connectivity index (χ1v) is 10.4. The van der Waals surface area contributed by atoms with Crippen molar-refractivity contribution in [2.24, 2.45) is 0 Å². The zero-order valence-electron chi connectivity index (χ0n) is 18.8. The van der Waals surface area contributed by atoms with Gasteiger partial charge >= 0.3 is 5.95 Å². The van der Waals surface area contributed by atoms with Crippen LogP contribution in [0, 0.1) is 0 Å². The van der Waals surface area contributed by atoms with Crippen LogP contribution in [0.1, 0.15) is 58.0 Å². The quantitative estimate of drug-likeness (QED) is 0.572. The van der Waals surface area contributed by atoms with Gasteiger partial charge in [-0.1, -0.05) is 13.0 Å². The summed E-state index contributed by atoms with van der Waals surface area (Å²) < 4.78 is 17.3. The van der Waals surface area contributed by atoms with E-state index in [4.69, 9.17) is 18.9 Å². The van der Waals surface area contributed by atoms with E-state index in [0.717, 1.165) is 24.0 Å². The molecule has 0 saturated heterocycles. The molecule has 0 saturated carbocycles. The van der Waals surface area contributed by atoms with Gasteiger partial charge in [-0.2, -0.15) is 0 Å². The van der Waals surface area contributed by atoms with E-state index in [1.54, 1.807) is 39.3 Å². The Balaban J connectivity index is 1.96. The van der Waals surface area contributed by atoms with E-state index < -0.39 is 5.60 Å². The Morgan fingerprint density at radius 1 is 1.26 bits per heavy atom. The van der Waals surface area contributed by atoms with Crippen LogP contribution in [0.15, 0.2) is 64.1 Å². The summed E-state index contributed by atoms with van der Waals surface area (Å²) in [5.41, 5.74) is 5.15. The summed E-state index contributed by atoms with van der Waals surface area (Å²) in [6.45, 7) is 8.09. The molecule has 2 aromatic heterocycles. The molecule has 2 aromatic rings. The maximum atomic E-state index is 10.2. The van der Waals surface area contributed by atoms with Crippen molar-refractivity contribution in [3.8, 4) is 17.2 Å². The van der Waals surface area contributed by atoms with E-state index in [2.05, 4.69) is 16.8 Å². The van der Waals surface area contributed by atoms with Crippen LogP contribution in [0.5, 0.6) is 5.95 Å². The highest BCUT2D eigenvalue weighted by molar-refractivity contribution is 5.63. The van der Waals surface area contributed by atoms with E-state index >= 15 is 0 Å². The fraction of sp³-hybridized carbons (Fsp3) is 0.400. The Morgan fingerprint density at radius 2 is 2.06 bits per heavy atom. The molecular weight excluding hydrogens is 392 g/mol. The molecule has 0 aromatic carbocycles. The summed E-state index contributed by atoms with van der Waals surface area (Å²) in [7, 11) is 1.68. The van der Waals surface area contributed by atoms with Gasteiger partial charge in [-0.3, -0.25) is 4.98 Å². The minimum absolute atomic E-state index is 0.0620. The summed E-state index contributed by atoms with van der Waals surface area (Å²) in [4.78, 5) is 9.11. The predicted octanol–water partition coefficient (Wildman–Crippen LogP) is 5.43. The van der Waals surface area contributed by atoms with Gasteiger partial charge in [-0.15, -0.1) is 5.73 Å². The monoisotopic (exact) mass is 422 g/mol. The molecule has 0 spiro atoms. The molecule has 0 aliphatic heterocycles. The van der Waals surface area contributed by atoms with Crippen molar-refractivity contribution in [3.63, 3.8) is 0 Å². The van der Waals surface area contributed by atoms with Crippen molar-refractivity contribution in [1.82, 2.24) is 9.97 Å². The number of rotatable bonds is 8. The summed E-state index contributed by atoms with van der Waals surface area (Å²) in [5, 5.41) is 10.2. The Morgan fingerprint density at radius 3 is 2.74 bits per heavy atom. The third kappa shape index (κ3) is 6.05. The lowest BCUT2D eigenvalue weighted by atomic mass is 10.0. The number of hydrogen-bond donors (Lipinski definition) is 1. The maximum Gasteiger partial charge on any atom is 0.319 e. The number of oxazole rings is 1. The molecule has 1 atom stereocenters. The number of aliphatic hydroxyl groups is 1. The molecule has 0 bridgehead atoms. The van der Waals surface area contributed by atoms with Gasteiger partial charge in [0.2, 0.25) is 5.89 Å². The van der Waals surface area contributed by atoms with Crippen LogP contribution < -0.4 is 4.74 Å². The highest BCUT2D eigenvalue weighted by atomic mass is 16.6. The number of aromatic nitrogens is 2. The molecule has 6 heteroatoms. The number of hydrogen-bond acceptors (Lipinski definition) is 6. The van der Waals surface area contributed by atoms with Crippen LogP contribution in [0.3, 0.4) is 0 Å². The van der Waals surface area contributed by atoms with Gasteiger partial charge in [-0.05, 0) is 63.5 Å². The van der Waals surface area contributed by atoms with Crippen molar-refractivity contribution in [3.05, 3.63) is 71.3 Å². The largest absolute Gasteiger partial charge is 0.424 e. The molecule has 0 fully saturated rings. The van der Waals surface area contributed by atoms with Crippen molar-refractivity contribution in [1.29, 1.82) is 0 Å². The normalized spacial score (nSPS) is 18.5.